The van der Waals surface area contributed by atoms with Gasteiger partial charge < -0.3 is 15.2 Å². The van der Waals surface area contributed by atoms with Gasteiger partial charge in [-0.25, -0.2) is 0 Å². The van der Waals surface area contributed by atoms with Gasteiger partial charge in [0.2, 0.25) is 0 Å². The number of morpholine rings is 1. The van der Waals surface area contributed by atoms with E-state index in [0.29, 0.717) is 6.61 Å². The van der Waals surface area contributed by atoms with Crippen molar-refractivity contribution in [2.24, 2.45) is 0 Å². The van der Waals surface area contributed by atoms with Gasteiger partial charge in [0.25, 0.3) is 0 Å². The van der Waals surface area contributed by atoms with Gasteiger partial charge in [-0.3, -0.25) is 4.98 Å². The average Bonchev–Trinajstić information content (AvgIpc) is 2.19. The normalized spacial score (nSPS) is 22.2. The molecule has 0 amide bonds. The second-order valence-corrected chi connectivity index (χ2v) is 3.46. The quantitative estimate of drug-likeness (QED) is 0.693. The summed E-state index contributed by atoms with van der Waals surface area (Å²) in [6.07, 6.45) is 1.48. The Bertz CT molecular complexity index is 322. The Morgan fingerprint density at radius 3 is 3.14 bits per heavy atom. The minimum Gasteiger partial charge on any atom is -0.506 e. The summed E-state index contributed by atoms with van der Waals surface area (Å²) in [5.41, 5.74) is 1.88. The van der Waals surface area contributed by atoms with Gasteiger partial charge in [-0.2, -0.15) is 0 Å². The van der Waals surface area contributed by atoms with Gasteiger partial charge >= 0.3 is 0 Å². The number of ether oxygens (including phenoxy) is 1. The molecule has 0 aliphatic carbocycles. The molecule has 0 aromatic carbocycles. The van der Waals surface area contributed by atoms with Crippen LogP contribution in [0, 0.1) is 6.92 Å². The summed E-state index contributed by atoms with van der Waals surface area (Å²) in [5, 5.41) is 12.5. The molecule has 4 nitrogen and oxygen atoms in total. The summed E-state index contributed by atoms with van der Waals surface area (Å²) < 4.78 is 5.58. The minimum absolute atomic E-state index is 0.0179. The fourth-order valence-corrected chi connectivity index (χ4v) is 1.65. The van der Waals surface area contributed by atoms with Crippen molar-refractivity contribution in [3.63, 3.8) is 0 Å². The third-order valence-electron chi connectivity index (χ3n) is 2.34. The minimum atomic E-state index is 0.0179. The van der Waals surface area contributed by atoms with Crippen molar-refractivity contribution in [2.45, 2.75) is 13.0 Å². The van der Waals surface area contributed by atoms with Gasteiger partial charge in [0.05, 0.1) is 18.5 Å². The third kappa shape index (κ3) is 1.86. The molecule has 1 atom stereocenters. The highest BCUT2D eigenvalue weighted by molar-refractivity contribution is 5.28. The van der Waals surface area contributed by atoms with Crippen molar-refractivity contribution in [3.05, 3.63) is 23.5 Å². The molecule has 0 bridgehead atoms. The largest absolute Gasteiger partial charge is 0.506 e. The molecule has 1 unspecified atom stereocenters. The smallest absolute Gasteiger partial charge is 0.134 e. The SMILES string of the molecule is Cc1cc(O)cnc1C1CNCCO1. The van der Waals surface area contributed by atoms with E-state index in [9.17, 15) is 5.11 Å². The predicted octanol–water partition coefficient (Wildman–Crippen LogP) is 0.757. The van der Waals surface area contributed by atoms with Crippen LogP contribution >= 0.6 is 0 Å². The molecule has 4 heteroatoms. The van der Waals surface area contributed by atoms with Gasteiger partial charge in [0.15, 0.2) is 0 Å². The molecule has 1 saturated heterocycles. The van der Waals surface area contributed by atoms with E-state index in [1.165, 1.54) is 6.20 Å². The van der Waals surface area contributed by atoms with Crippen molar-refractivity contribution >= 4 is 0 Å². The number of aromatic hydroxyl groups is 1. The predicted molar refractivity (Wildman–Crippen MR) is 52.2 cm³/mol. The molecule has 1 aromatic rings. The second-order valence-electron chi connectivity index (χ2n) is 3.46. The zero-order valence-corrected chi connectivity index (χ0v) is 8.16. The molecule has 1 aliphatic rings. The van der Waals surface area contributed by atoms with Crippen LogP contribution in [0.3, 0.4) is 0 Å². The van der Waals surface area contributed by atoms with Gasteiger partial charge in [-0.05, 0) is 18.6 Å². The lowest BCUT2D eigenvalue weighted by Crippen LogP contribution is -2.34. The number of aromatic nitrogens is 1. The average molecular weight is 194 g/mol. The Balaban J connectivity index is 2.22. The highest BCUT2D eigenvalue weighted by atomic mass is 16.5. The maximum Gasteiger partial charge on any atom is 0.134 e. The summed E-state index contributed by atoms with van der Waals surface area (Å²) >= 11 is 0. The zero-order valence-electron chi connectivity index (χ0n) is 8.16. The van der Waals surface area contributed by atoms with E-state index < -0.39 is 0 Å². The fraction of sp³-hybridized carbons (Fsp3) is 0.500. The standard InChI is InChI=1S/C10H14N2O2/c1-7-4-8(13)5-12-10(7)9-6-11-2-3-14-9/h4-5,9,11,13H,2-3,6H2,1H3. The maximum atomic E-state index is 9.22. The number of rotatable bonds is 1. The Kier molecular flexibility index (Phi) is 2.65. The molecule has 2 N–H and O–H groups in total. The summed E-state index contributed by atoms with van der Waals surface area (Å²) in [7, 11) is 0. The Morgan fingerprint density at radius 1 is 1.64 bits per heavy atom. The first-order valence-corrected chi connectivity index (χ1v) is 4.75. The lowest BCUT2D eigenvalue weighted by molar-refractivity contribution is 0.0246. The molecule has 0 radical (unpaired) electrons. The molecule has 2 rings (SSSR count). The Morgan fingerprint density at radius 2 is 2.50 bits per heavy atom. The molecule has 1 aliphatic heterocycles. The van der Waals surface area contributed by atoms with Crippen LogP contribution < -0.4 is 5.32 Å². The first kappa shape index (κ1) is 9.43. The summed E-state index contributed by atoms with van der Waals surface area (Å²) in [6.45, 7) is 4.33. The molecule has 1 aromatic heterocycles. The van der Waals surface area contributed by atoms with E-state index in [0.717, 1.165) is 24.3 Å². The van der Waals surface area contributed by atoms with E-state index in [1.807, 2.05) is 6.92 Å². The Hall–Kier alpha value is -1.13. The molecule has 0 saturated carbocycles. The molecule has 2 heterocycles. The maximum absolute atomic E-state index is 9.22. The van der Waals surface area contributed by atoms with Gasteiger partial charge in [0, 0.05) is 13.1 Å². The molecular weight excluding hydrogens is 180 g/mol. The van der Waals surface area contributed by atoms with Crippen LogP contribution in [0.4, 0.5) is 0 Å². The van der Waals surface area contributed by atoms with Gasteiger partial charge in [0.1, 0.15) is 11.9 Å². The van der Waals surface area contributed by atoms with Crippen molar-refractivity contribution in [3.8, 4) is 5.75 Å². The van der Waals surface area contributed by atoms with Gasteiger partial charge in [-0.15, -0.1) is 0 Å². The summed E-state index contributed by atoms with van der Waals surface area (Å²) in [5.74, 6) is 0.204. The van der Waals surface area contributed by atoms with Crippen molar-refractivity contribution in [1.82, 2.24) is 10.3 Å². The highest BCUT2D eigenvalue weighted by Crippen LogP contribution is 2.22. The third-order valence-corrected chi connectivity index (χ3v) is 2.34. The highest BCUT2D eigenvalue weighted by Gasteiger charge is 2.18. The number of hydrogen-bond donors (Lipinski definition) is 2. The van der Waals surface area contributed by atoms with Crippen LogP contribution in [0.25, 0.3) is 0 Å². The molecule has 1 fully saturated rings. The van der Waals surface area contributed by atoms with Crippen molar-refractivity contribution in [1.29, 1.82) is 0 Å². The topological polar surface area (TPSA) is 54.4 Å². The molecule has 76 valence electrons. The summed E-state index contributed by atoms with van der Waals surface area (Å²) in [6, 6.07) is 1.71. The van der Waals surface area contributed by atoms with E-state index in [-0.39, 0.29) is 11.9 Å². The zero-order chi connectivity index (χ0) is 9.97. The van der Waals surface area contributed by atoms with Crippen LogP contribution in [-0.4, -0.2) is 29.8 Å². The molecule has 0 spiro atoms. The van der Waals surface area contributed by atoms with E-state index in [1.54, 1.807) is 6.07 Å². The van der Waals surface area contributed by atoms with Crippen LogP contribution in [-0.2, 0) is 4.74 Å². The van der Waals surface area contributed by atoms with Crippen molar-refractivity contribution < 1.29 is 9.84 Å². The van der Waals surface area contributed by atoms with Crippen LogP contribution in [0.1, 0.15) is 17.4 Å². The molecular formula is C10H14N2O2. The lowest BCUT2D eigenvalue weighted by Gasteiger charge is -2.24. The molecule has 14 heavy (non-hydrogen) atoms. The Labute approximate surface area is 82.9 Å². The van der Waals surface area contributed by atoms with E-state index in [4.69, 9.17) is 4.74 Å². The monoisotopic (exact) mass is 194 g/mol. The second kappa shape index (κ2) is 3.94. The first-order chi connectivity index (χ1) is 6.77. The number of nitrogens with one attached hydrogen (secondary N) is 1. The number of aryl methyl sites for hydroxylation is 1. The number of hydrogen-bond acceptors (Lipinski definition) is 4. The van der Waals surface area contributed by atoms with E-state index in [2.05, 4.69) is 10.3 Å². The summed E-state index contributed by atoms with van der Waals surface area (Å²) in [4.78, 5) is 4.19. The first-order valence-electron chi connectivity index (χ1n) is 4.75. The number of nitrogens with zero attached hydrogens (tertiary/aromatic N) is 1. The lowest BCUT2D eigenvalue weighted by atomic mass is 10.1. The number of pyridine rings is 1. The fourth-order valence-electron chi connectivity index (χ4n) is 1.65. The van der Waals surface area contributed by atoms with E-state index >= 15 is 0 Å². The van der Waals surface area contributed by atoms with Crippen LogP contribution in [0.2, 0.25) is 0 Å². The van der Waals surface area contributed by atoms with Crippen molar-refractivity contribution in [2.75, 3.05) is 19.7 Å². The van der Waals surface area contributed by atoms with Crippen LogP contribution in [0.15, 0.2) is 12.3 Å². The van der Waals surface area contributed by atoms with Crippen LogP contribution in [0.5, 0.6) is 5.75 Å². The van der Waals surface area contributed by atoms with Gasteiger partial charge in [-0.1, -0.05) is 0 Å².